The van der Waals surface area contributed by atoms with Gasteiger partial charge in [-0.2, -0.15) is 0 Å². The molecule has 1 unspecified atom stereocenters. The van der Waals surface area contributed by atoms with E-state index in [0.717, 1.165) is 12.0 Å². The first-order chi connectivity index (χ1) is 14.0. The van der Waals surface area contributed by atoms with E-state index in [1.807, 2.05) is 36.1 Å². The lowest BCUT2D eigenvalue weighted by molar-refractivity contribution is 0.0550. The largest absolute Gasteiger partial charge is 0.444 e. The first kappa shape index (κ1) is 23.6. The van der Waals surface area contributed by atoms with Crippen LogP contribution in [-0.2, 0) is 4.74 Å². The number of hydrogen-bond acceptors (Lipinski definition) is 4. The molecule has 1 saturated carbocycles. The molecule has 164 valence electrons. The molecule has 1 aromatic rings. The molecule has 0 radical (unpaired) electrons. The zero-order valence-electron chi connectivity index (χ0n) is 19.0. The maximum Gasteiger partial charge on any atom is 0.411 e. The Labute approximate surface area is 180 Å². The van der Waals surface area contributed by atoms with E-state index in [4.69, 9.17) is 10.1 Å². The SMILES string of the molecule is CCN(C(=O)c1ccc(C(C)C)cc1)C1CCC(=N)/C(=C\NC(=O)OC(C)(C)C)C1. The van der Waals surface area contributed by atoms with Gasteiger partial charge in [-0.1, -0.05) is 26.0 Å². The lowest BCUT2D eigenvalue weighted by Crippen LogP contribution is -2.43. The van der Waals surface area contributed by atoms with Gasteiger partial charge in [0.2, 0.25) is 0 Å². The highest BCUT2D eigenvalue weighted by Gasteiger charge is 2.29. The van der Waals surface area contributed by atoms with Crippen molar-refractivity contribution in [3.63, 3.8) is 0 Å². The topological polar surface area (TPSA) is 82.5 Å². The summed E-state index contributed by atoms with van der Waals surface area (Å²) in [4.78, 5) is 26.9. The van der Waals surface area contributed by atoms with Crippen molar-refractivity contribution < 1.29 is 14.3 Å². The Morgan fingerprint density at radius 1 is 1.27 bits per heavy atom. The van der Waals surface area contributed by atoms with Gasteiger partial charge in [0.05, 0.1) is 0 Å². The quantitative estimate of drug-likeness (QED) is 0.691. The number of rotatable bonds is 5. The van der Waals surface area contributed by atoms with Crippen molar-refractivity contribution in [1.29, 1.82) is 5.41 Å². The summed E-state index contributed by atoms with van der Waals surface area (Å²) in [5.41, 5.74) is 2.53. The fraction of sp³-hybridized carbons (Fsp3) is 0.542. The fourth-order valence-corrected chi connectivity index (χ4v) is 3.56. The van der Waals surface area contributed by atoms with Gasteiger partial charge in [-0.05, 0) is 76.1 Å². The Hall–Kier alpha value is -2.63. The summed E-state index contributed by atoms with van der Waals surface area (Å²) in [7, 11) is 0. The predicted molar refractivity (Wildman–Crippen MR) is 120 cm³/mol. The van der Waals surface area contributed by atoms with Gasteiger partial charge in [-0.15, -0.1) is 0 Å². The molecule has 1 atom stereocenters. The predicted octanol–water partition coefficient (Wildman–Crippen LogP) is 5.25. The Morgan fingerprint density at radius 3 is 2.43 bits per heavy atom. The van der Waals surface area contributed by atoms with Crippen LogP contribution in [0.2, 0.25) is 0 Å². The summed E-state index contributed by atoms with van der Waals surface area (Å²) in [6.45, 7) is 12.2. The summed E-state index contributed by atoms with van der Waals surface area (Å²) >= 11 is 0. The van der Waals surface area contributed by atoms with Crippen LogP contribution in [-0.4, -0.2) is 40.8 Å². The fourth-order valence-electron chi connectivity index (χ4n) is 3.56. The van der Waals surface area contributed by atoms with Gasteiger partial charge >= 0.3 is 6.09 Å². The average molecular weight is 414 g/mol. The number of hydrogen-bond donors (Lipinski definition) is 2. The lowest BCUT2D eigenvalue weighted by Gasteiger charge is -2.35. The van der Waals surface area contributed by atoms with E-state index in [2.05, 4.69) is 19.2 Å². The van der Waals surface area contributed by atoms with Crippen LogP contribution in [0, 0.1) is 5.41 Å². The van der Waals surface area contributed by atoms with Crippen LogP contribution in [0.3, 0.4) is 0 Å². The molecule has 2 rings (SSSR count). The molecule has 6 heteroatoms. The summed E-state index contributed by atoms with van der Waals surface area (Å²) in [6.07, 6.45) is 2.87. The van der Waals surface area contributed by atoms with E-state index in [1.165, 1.54) is 5.56 Å². The first-order valence-corrected chi connectivity index (χ1v) is 10.7. The third-order valence-electron chi connectivity index (χ3n) is 5.20. The number of nitrogens with one attached hydrogen (secondary N) is 2. The van der Waals surface area contributed by atoms with Crippen LogP contribution < -0.4 is 5.32 Å². The zero-order chi connectivity index (χ0) is 22.5. The van der Waals surface area contributed by atoms with Crippen molar-refractivity contribution >= 4 is 17.7 Å². The van der Waals surface area contributed by atoms with E-state index < -0.39 is 11.7 Å². The van der Waals surface area contributed by atoms with Crippen LogP contribution in [0.15, 0.2) is 36.0 Å². The third-order valence-corrected chi connectivity index (χ3v) is 5.20. The minimum Gasteiger partial charge on any atom is -0.444 e. The molecule has 0 aliphatic heterocycles. The molecule has 1 aromatic carbocycles. The maximum absolute atomic E-state index is 13.1. The molecule has 0 aromatic heterocycles. The highest BCUT2D eigenvalue weighted by atomic mass is 16.6. The second kappa shape index (κ2) is 9.92. The number of benzene rings is 1. The van der Waals surface area contributed by atoms with Crippen LogP contribution in [0.5, 0.6) is 0 Å². The van der Waals surface area contributed by atoms with Crippen molar-refractivity contribution in [3.05, 3.63) is 47.2 Å². The molecule has 0 saturated heterocycles. The molecule has 2 amide bonds. The van der Waals surface area contributed by atoms with Gasteiger partial charge < -0.3 is 15.0 Å². The van der Waals surface area contributed by atoms with Gasteiger partial charge in [0.15, 0.2) is 0 Å². The van der Waals surface area contributed by atoms with E-state index in [9.17, 15) is 9.59 Å². The van der Waals surface area contributed by atoms with Crippen molar-refractivity contribution in [2.75, 3.05) is 6.54 Å². The van der Waals surface area contributed by atoms with E-state index in [-0.39, 0.29) is 11.9 Å². The molecule has 0 spiro atoms. The second-order valence-corrected chi connectivity index (χ2v) is 9.06. The molecule has 30 heavy (non-hydrogen) atoms. The molecule has 6 nitrogen and oxygen atoms in total. The van der Waals surface area contributed by atoms with Crippen LogP contribution in [0.1, 0.15) is 82.6 Å². The highest BCUT2D eigenvalue weighted by molar-refractivity contribution is 5.99. The number of carbonyl (C=O) groups excluding carboxylic acids is 2. The molecule has 1 fully saturated rings. The highest BCUT2D eigenvalue weighted by Crippen LogP contribution is 2.26. The third kappa shape index (κ3) is 6.44. The van der Waals surface area contributed by atoms with Crippen molar-refractivity contribution in [3.8, 4) is 0 Å². The van der Waals surface area contributed by atoms with Crippen molar-refractivity contribution in [2.24, 2.45) is 0 Å². The van der Waals surface area contributed by atoms with Gasteiger partial charge in [-0.3, -0.25) is 10.1 Å². The Morgan fingerprint density at radius 2 is 1.90 bits per heavy atom. The average Bonchev–Trinajstić information content (AvgIpc) is 2.67. The summed E-state index contributed by atoms with van der Waals surface area (Å²) in [6, 6.07) is 7.81. The van der Waals surface area contributed by atoms with Gasteiger partial charge in [0.1, 0.15) is 5.60 Å². The van der Waals surface area contributed by atoms with Crippen LogP contribution in [0.25, 0.3) is 0 Å². The second-order valence-electron chi connectivity index (χ2n) is 9.06. The molecule has 0 bridgehead atoms. The number of nitrogens with zero attached hydrogens (tertiary/aromatic N) is 1. The summed E-state index contributed by atoms with van der Waals surface area (Å²) in [5.74, 6) is 0.427. The lowest BCUT2D eigenvalue weighted by atomic mass is 9.88. The maximum atomic E-state index is 13.1. The Bertz CT molecular complexity index is 804. The standard InChI is InChI=1S/C24H35N3O3/c1-7-27(22(28)18-10-8-17(9-11-18)16(2)3)20-12-13-21(25)19(14-20)15-26-23(29)30-24(4,5)6/h8-11,15-16,20,25H,7,12-14H2,1-6H3,(H,26,29)/b19-15-,25-21?. The number of amides is 2. The summed E-state index contributed by atoms with van der Waals surface area (Å²) < 4.78 is 5.25. The van der Waals surface area contributed by atoms with Gasteiger partial charge in [0, 0.05) is 30.1 Å². The Kier molecular flexibility index (Phi) is 7.82. The van der Waals surface area contributed by atoms with Crippen LogP contribution >= 0.6 is 0 Å². The normalized spacial score (nSPS) is 18.4. The molecule has 0 heterocycles. The van der Waals surface area contributed by atoms with E-state index in [1.54, 1.807) is 27.0 Å². The van der Waals surface area contributed by atoms with Crippen molar-refractivity contribution in [1.82, 2.24) is 10.2 Å². The minimum absolute atomic E-state index is 0.00527. The zero-order valence-corrected chi connectivity index (χ0v) is 19.0. The summed E-state index contributed by atoms with van der Waals surface area (Å²) in [5, 5.41) is 10.9. The number of ether oxygens (including phenoxy) is 1. The van der Waals surface area contributed by atoms with E-state index in [0.29, 0.717) is 36.6 Å². The molecular weight excluding hydrogens is 378 g/mol. The first-order valence-electron chi connectivity index (χ1n) is 10.7. The smallest absolute Gasteiger partial charge is 0.411 e. The molecule has 1 aliphatic rings. The number of carbonyl (C=O) groups is 2. The monoisotopic (exact) mass is 413 g/mol. The minimum atomic E-state index is -0.582. The number of alkyl carbamates (subject to hydrolysis) is 1. The van der Waals surface area contributed by atoms with Crippen LogP contribution in [0.4, 0.5) is 4.79 Å². The van der Waals surface area contributed by atoms with Crippen molar-refractivity contribution in [2.45, 2.75) is 78.4 Å². The molecule has 2 N–H and O–H groups in total. The van der Waals surface area contributed by atoms with Gasteiger partial charge in [-0.25, -0.2) is 4.79 Å². The Balaban J connectivity index is 2.10. The van der Waals surface area contributed by atoms with E-state index >= 15 is 0 Å². The van der Waals surface area contributed by atoms with Gasteiger partial charge in [0.25, 0.3) is 5.91 Å². The molecule has 1 aliphatic carbocycles. The molecular formula is C24H35N3O3.